The molecule has 0 saturated heterocycles. The maximum Gasteiger partial charge on any atom is 0.408 e. The van der Waals surface area contributed by atoms with E-state index in [1.54, 1.807) is 20.8 Å². The Labute approximate surface area is 223 Å². The summed E-state index contributed by atoms with van der Waals surface area (Å²) < 4.78 is 5.32. The van der Waals surface area contributed by atoms with E-state index >= 15 is 0 Å². The van der Waals surface area contributed by atoms with Crippen LogP contribution >= 0.6 is 0 Å². The van der Waals surface area contributed by atoms with E-state index in [1.165, 1.54) is 4.90 Å². The Morgan fingerprint density at radius 2 is 1.49 bits per heavy atom. The van der Waals surface area contributed by atoms with Crippen LogP contribution in [-0.4, -0.2) is 57.7 Å². The van der Waals surface area contributed by atoms with Crippen molar-refractivity contribution in [1.82, 2.24) is 15.5 Å². The number of aryl methyl sites for hydroxylation is 2. The molecule has 0 bridgehead atoms. The van der Waals surface area contributed by atoms with E-state index in [2.05, 4.69) is 24.5 Å². The average molecular weight is 520 g/mol. The molecule has 0 aliphatic rings. The number of hydrogen-bond acceptors (Lipinski definition) is 5. The summed E-state index contributed by atoms with van der Waals surface area (Å²) in [6.07, 6.45) is 0.684. The van der Waals surface area contributed by atoms with E-state index in [-0.39, 0.29) is 11.9 Å². The maximum atomic E-state index is 14.0. The highest BCUT2D eigenvalue weighted by Crippen LogP contribution is 2.29. The van der Waals surface area contributed by atoms with Gasteiger partial charge in [0, 0.05) is 11.6 Å². The summed E-state index contributed by atoms with van der Waals surface area (Å²) in [7, 11) is 0. The fourth-order valence-electron chi connectivity index (χ4n) is 4.17. The van der Waals surface area contributed by atoms with E-state index in [0.717, 1.165) is 17.5 Å². The molecule has 0 fully saturated rings. The molecule has 0 aromatic heterocycles. The smallest absolute Gasteiger partial charge is 0.408 e. The van der Waals surface area contributed by atoms with Crippen molar-refractivity contribution >= 4 is 17.9 Å². The molecule has 1 aromatic carbocycles. The van der Waals surface area contributed by atoms with Gasteiger partial charge in [-0.2, -0.15) is 0 Å². The topological polar surface area (TPSA) is 108 Å². The largest absolute Gasteiger partial charge is 0.444 e. The van der Waals surface area contributed by atoms with Crippen molar-refractivity contribution in [2.45, 2.75) is 118 Å². The van der Waals surface area contributed by atoms with Crippen molar-refractivity contribution < 1.29 is 24.2 Å². The zero-order chi connectivity index (χ0) is 28.7. The van der Waals surface area contributed by atoms with Crippen molar-refractivity contribution in [1.29, 1.82) is 0 Å². The lowest BCUT2D eigenvalue weighted by Crippen LogP contribution is -2.57. The van der Waals surface area contributed by atoms with E-state index in [9.17, 15) is 19.5 Å². The Morgan fingerprint density at radius 3 is 1.92 bits per heavy atom. The summed E-state index contributed by atoms with van der Waals surface area (Å²) in [5, 5.41) is 15.7. The standard InChI is InChI=1S/C29H49N3O5/c1-18(2)12-13-21(5)32(26(35)23(17-33)30-27(36)37-29(9,10)11)24(25(34)31-28(6,7)8)22-15-19(3)14-20(4)16-22/h14-16,18,21,23-24,33H,12-13,17H2,1-11H3,(H,30,36)(H,31,34). The van der Waals surface area contributed by atoms with Crippen LogP contribution < -0.4 is 10.6 Å². The molecule has 1 aromatic rings. The third-order valence-electron chi connectivity index (χ3n) is 5.65. The first-order chi connectivity index (χ1) is 16.8. The van der Waals surface area contributed by atoms with Crippen molar-refractivity contribution in [3.05, 3.63) is 34.9 Å². The van der Waals surface area contributed by atoms with Gasteiger partial charge in [0.15, 0.2) is 0 Å². The number of benzene rings is 1. The number of nitrogens with one attached hydrogen (secondary N) is 2. The molecule has 3 unspecified atom stereocenters. The first kappa shape index (κ1) is 32.4. The van der Waals surface area contributed by atoms with Gasteiger partial charge in [0.1, 0.15) is 17.7 Å². The van der Waals surface area contributed by atoms with Gasteiger partial charge in [-0.15, -0.1) is 0 Å². The van der Waals surface area contributed by atoms with Crippen LogP contribution in [0.25, 0.3) is 0 Å². The summed E-state index contributed by atoms with van der Waals surface area (Å²) in [6, 6.07) is 3.25. The minimum atomic E-state index is -1.27. The third-order valence-corrected chi connectivity index (χ3v) is 5.65. The van der Waals surface area contributed by atoms with Crippen LogP contribution in [0, 0.1) is 19.8 Å². The Bertz CT molecular complexity index is 910. The van der Waals surface area contributed by atoms with Crippen LogP contribution in [0.1, 0.15) is 97.9 Å². The van der Waals surface area contributed by atoms with Crippen molar-refractivity contribution in [2.24, 2.45) is 5.92 Å². The highest BCUT2D eigenvalue weighted by molar-refractivity contribution is 5.92. The molecule has 0 radical (unpaired) electrons. The quantitative estimate of drug-likeness (QED) is 0.412. The first-order valence-electron chi connectivity index (χ1n) is 13.2. The van der Waals surface area contributed by atoms with Gasteiger partial charge in [-0.25, -0.2) is 4.79 Å². The summed E-state index contributed by atoms with van der Waals surface area (Å²) in [6.45, 7) is 20.2. The Kier molecular flexibility index (Phi) is 11.6. The fourth-order valence-corrected chi connectivity index (χ4v) is 4.17. The maximum absolute atomic E-state index is 14.0. The van der Waals surface area contributed by atoms with Crippen LogP contribution in [0.3, 0.4) is 0 Å². The number of rotatable bonds is 10. The van der Waals surface area contributed by atoms with Gasteiger partial charge < -0.3 is 25.4 Å². The SMILES string of the molecule is Cc1cc(C)cc(C(C(=O)NC(C)(C)C)N(C(=O)C(CO)NC(=O)OC(C)(C)C)C(C)CCC(C)C)c1. The predicted octanol–water partition coefficient (Wildman–Crippen LogP) is 4.80. The van der Waals surface area contributed by atoms with Gasteiger partial charge in [-0.3, -0.25) is 9.59 Å². The summed E-state index contributed by atoms with van der Waals surface area (Å²) in [4.78, 5) is 41.9. The lowest BCUT2D eigenvalue weighted by Gasteiger charge is -2.39. The van der Waals surface area contributed by atoms with Gasteiger partial charge in [0.2, 0.25) is 11.8 Å². The van der Waals surface area contributed by atoms with Gasteiger partial charge in [0.05, 0.1) is 6.61 Å². The van der Waals surface area contributed by atoms with Crippen molar-refractivity contribution in [3.63, 3.8) is 0 Å². The molecule has 0 aliphatic carbocycles. The first-order valence-corrected chi connectivity index (χ1v) is 13.2. The second-order valence-electron chi connectivity index (χ2n) is 12.5. The van der Waals surface area contributed by atoms with Crippen molar-refractivity contribution in [2.75, 3.05) is 6.61 Å². The van der Waals surface area contributed by atoms with Crippen LogP contribution in [0.4, 0.5) is 4.79 Å². The fraction of sp³-hybridized carbons (Fsp3) is 0.690. The Hall–Kier alpha value is -2.61. The lowest BCUT2D eigenvalue weighted by atomic mass is 9.94. The number of ether oxygens (including phenoxy) is 1. The zero-order valence-electron chi connectivity index (χ0n) is 24.7. The lowest BCUT2D eigenvalue weighted by molar-refractivity contribution is -0.146. The number of hydrogen-bond donors (Lipinski definition) is 3. The highest BCUT2D eigenvalue weighted by atomic mass is 16.6. The summed E-state index contributed by atoms with van der Waals surface area (Å²) >= 11 is 0. The van der Waals surface area contributed by atoms with E-state index in [0.29, 0.717) is 17.9 Å². The van der Waals surface area contributed by atoms with Gasteiger partial charge in [-0.1, -0.05) is 43.2 Å². The molecule has 0 heterocycles. The monoisotopic (exact) mass is 519 g/mol. The third kappa shape index (κ3) is 11.1. The van der Waals surface area contributed by atoms with Gasteiger partial charge in [-0.05, 0) is 86.6 Å². The molecule has 210 valence electrons. The van der Waals surface area contributed by atoms with Gasteiger partial charge in [0.25, 0.3) is 0 Å². The molecule has 0 spiro atoms. The molecule has 1 rings (SSSR count). The second-order valence-corrected chi connectivity index (χ2v) is 12.5. The van der Waals surface area contributed by atoms with Crippen LogP contribution in [0.5, 0.6) is 0 Å². The molecule has 3 N–H and O–H groups in total. The number of alkyl carbamates (subject to hydrolysis) is 1. The summed E-state index contributed by atoms with van der Waals surface area (Å²) in [5.74, 6) is -0.468. The zero-order valence-corrected chi connectivity index (χ0v) is 24.7. The second kappa shape index (κ2) is 13.3. The van der Waals surface area contributed by atoms with Crippen LogP contribution in [0.2, 0.25) is 0 Å². The number of nitrogens with zero attached hydrogens (tertiary/aromatic N) is 1. The summed E-state index contributed by atoms with van der Waals surface area (Å²) in [5.41, 5.74) is 1.31. The van der Waals surface area contributed by atoms with Crippen molar-refractivity contribution in [3.8, 4) is 0 Å². The predicted molar refractivity (Wildman–Crippen MR) is 147 cm³/mol. The molecule has 3 atom stereocenters. The molecular weight excluding hydrogens is 470 g/mol. The molecule has 0 aliphatic heterocycles. The molecule has 0 saturated carbocycles. The average Bonchev–Trinajstić information content (AvgIpc) is 2.70. The van der Waals surface area contributed by atoms with Crippen LogP contribution in [0.15, 0.2) is 18.2 Å². The van der Waals surface area contributed by atoms with E-state index in [4.69, 9.17) is 4.74 Å². The number of carbonyl (C=O) groups is 3. The highest BCUT2D eigenvalue weighted by Gasteiger charge is 2.39. The molecule has 3 amide bonds. The number of aliphatic hydroxyl groups is 1. The van der Waals surface area contributed by atoms with Gasteiger partial charge >= 0.3 is 6.09 Å². The molecular formula is C29H49N3O5. The normalized spacial score (nSPS) is 14.5. The number of carbonyl (C=O) groups excluding carboxylic acids is 3. The molecule has 8 heteroatoms. The van der Waals surface area contributed by atoms with E-state index < -0.39 is 41.8 Å². The number of amides is 3. The van der Waals surface area contributed by atoms with E-state index in [1.807, 2.05) is 59.7 Å². The minimum Gasteiger partial charge on any atom is -0.444 e. The Morgan fingerprint density at radius 1 is 0.946 bits per heavy atom. The van der Waals surface area contributed by atoms with Crippen LogP contribution in [-0.2, 0) is 14.3 Å². The molecule has 37 heavy (non-hydrogen) atoms. The number of aliphatic hydroxyl groups excluding tert-OH is 1. The minimum absolute atomic E-state index is 0.323. The molecule has 8 nitrogen and oxygen atoms in total. The Balaban J connectivity index is 3.63.